The van der Waals surface area contributed by atoms with Crippen molar-refractivity contribution in [2.75, 3.05) is 26.2 Å². The largest absolute Gasteiger partial charge is 0.315 e. The molecule has 80 valence electrons. The lowest BCUT2D eigenvalue weighted by Gasteiger charge is -2.07. The average Bonchev–Trinajstić information content (AvgIpc) is 2.09. The normalized spacial score (nSPS) is 11.1. The fourth-order valence-corrected chi connectivity index (χ4v) is 1.12. The Labute approximate surface area is 83.5 Å². The summed E-state index contributed by atoms with van der Waals surface area (Å²) in [6.07, 6.45) is 3.87. The van der Waals surface area contributed by atoms with E-state index in [9.17, 15) is 0 Å². The molecular formula is C11H26N2. The van der Waals surface area contributed by atoms with Gasteiger partial charge in [-0.2, -0.15) is 0 Å². The van der Waals surface area contributed by atoms with Gasteiger partial charge in [0.25, 0.3) is 0 Å². The summed E-state index contributed by atoms with van der Waals surface area (Å²) in [6.45, 7) is 11.3. The van der Waals surface area contributed by atoms with E-state index in [4.69, 9.17) is 0 Å². The maximum atomic E-state index is 3.43. The third-order valence-corrected chi connectivity index (χ3v) is 2.08. The van der Waals surface area contributed by atoms with E-state index < -0.39 is 0 Å². The molecule has 0 aromatic heterocycles. The molecule has 0 aliphatic heterocycles. The van der Waals surface area contributed by atoms with Gasteiger partial charge in [0.1, 0.15) is 0 Å². The van der Waals surface area contributed by atoms with E-state index in [1.54, 1.807) is 0 Å². The van der Waals surface area contributed by atoms with Gasteiger partial charge >= 0.3 is 0 Å². The zero-order valence-corrected chi connectivity index (χ0v) is 9.53. The zero-order valence-electron chi connectivity index (χ0n) is 9.53. The molecule has 0 aliphatic carbocycles. The van der Waals surface area contributed by atoms with Gasteiger partial charge in [0, 0.05) is 13.1 Å². The third kappa shape index (κ3) is 11.9. The SMILES string of the molecule is CCCCNCCNCCC(C)C. The second kappa shape index (κ2) is 10.0. The number of rotatable bonds is 9. The fraction of sp³-hybridized carbons (Fsp3) is 1.00. The van der Waals surface area contributed by atoms with Gasteiger partial charge in [0.15, 0.2) is 0 Å². The lowest BCUT2D eigenvalue weighted by atomic mass is 10.1. The van der Waals surface area contributed by atoms with E-state index in [1.807, 2.05) is 0 Å². The third-order valence-electron chi connectivity index (χ3n) is 2.08. The van der Waals surface area contributed by atoms with E-state index in [2.05, 4.69) is 31.4 Å². The summed E-state index contributed by atoms with van der Waals surface area (Å²) in [4.78, 5) is 0. The number of nitrogens with one attached hydrogen (secondary N) is 2. The Morgan fingerprint density at radius 1 is 0.923 bits per heavy atom. The van der Waals surface area contributed by atoms with Crippen LogP contribution in [-0.4, -0.2) is 26.2 Å². The van der Waals surface area contributed by atoms with Crippen molar-refractivity contribution < 1.29 is 0 Å². The summed E-state index contributed by atoms with van der Waals surface area (Å²) in [7, 11) is 0. The average molecular weight is 186 g/mol. The Hall–Kier alpha value is -0.0800. The van der Waals surface area contributed by atoms with E-state index in [-0.39, 0.29) is 0 Å². The molecule has 0 saturated heterocycles. The van der Waals surface area contributed by atoms with Crippen LogP contribution in [0.2, 0.25) is 0 Å². The van der Waals surface area contributed by atoms with E-state index in [0.717, 1.165) is 25.6 Å². The lowest BCUT2D eigenvalue weighted by molar-refractivity contribution is 0.525. The molecule has 13 heavy (non-hydrogen) atoms. The first-order valence-electron chi connectivity index (χ1n) is 5.68. The molecule has 0 radical (unpaired) electrons. The summed E-state index contributed by atoms with van der Waals surface area (Å²) in [5, 5.41) is 6.84. The van der Waals surface area contributed by atoms with Crippen molar-refractivity contribution in [2.45, 2.75) is 40.0 Å². The predicted molar refractivity (Wildman–Crippen MR) is 60.1 cm³/mol. The Bertz CT molecular complexity index is 92.1. The maximum Gasteiger partial charge on any atom is 0.00767 e. The van der Waals surface area contributed by atoms with Gasteiger partial charge < -0.3 is 10.6 Å². The maximum absolute atomic E-state index is 3.43. The van der Waals surface area contributed by atoms with Crippen LogP contribution >= 0.6 is 0 Å². The van der Waals surface area contributed by atoms with Crippen LogP contribution in [-0.2, 0) is 0 Å². The molecule has 0 unspecified atom stereocenters. The minimum Gasteiger partial charge on any atom is -0.315 e. The van der Waals surface area contributed by atoms with Gasteiger partial charge in [0.2, 0.25) is 0 Å². The topological polar surface area (TPSA) is 24.1 Å². The molecule has 2 heteroatoms. The Kier molecular flexibility index (Phi) is 9.94. The van der Waals surface area contributed by atoms with Crippen LogP contribution in [0, 0.1) is 5.92 Å². The van der Waals surface area contributed by atoms with Crippen LogP contribution in [0.15, 0.2) is 0 Å². The van der Waals surface area contributed by atoms with Crippen molar-refractivity contribution >= 4 is 0 Å². The molecule has 0 heterocycles. The van der Waals surface area contributed by atoms with Gasteiger partial charge in [0.05, 0.1) is 0 Å². The van der Waals surface area contributed by atoms with Crippen LogP contribution in [0.25, 0.3) is 0 Å². The van der Waals surface area contributed by atoms with Crippen LogP contribution in [0.4, 0.5) is 0 Å². The minimum absolute atomic E-state index is 0.820. The Morgan fingerprint density at radius 3 is 2.08 bits per heavy atom. The molecule has 0 saturated carbocycles. The zero-order chi connectivity index (χ0) is 9.94. The highest BCUT2D eigenvalue weighted by molar-refractivity contribution is 4.53. The second-order valence-electron chi connectivity index (χ2n) is 4.04. The first kappa shape index (κ1) is 12.9. The molecule has 2 N–H and O–H groups in total. The van der Waals surface area contributed by atoms with Crippen LogP contribution in [0.5, 0.6) is 0 Å². The number of hydrogen-bond donors (Lipinski definition) is 2. The first-order chi connectivity index (χ1) is 6.27. The van der Waals surface area contributed by atoms with E-state index in [1.165, 1.54) is 25.8 Å². The summed E-state index contributed by atoms with van der Waals surface area (Å²) in [6, 6.07) is 0. The van der Waals surface area contributed by atoms with Gasteiger partial charge in [-0.05, 0) is 31.8 Å². The summed E-state index contributed by atoms with van der Waals surface area (Å²) < 4.78 is 0. The predicted octanol–water partition coefficient (Wildman–Crippen LogP) is 2.01. The second-order valence-corrected chi connectivity index (χ2v) is 4.04. The highest BCUT2D eigenvalue weighted by Gasteiger charge is 1.92. The quantitative estimate of drug-likeness (QED) is 0.538. The molecule has 0 amide bonds. The molecule has 0 atom stereocenters. The highest BCUT2D eigenvalue weighted by atomic mass is 14.9. The van der Waals surface area contributed by atoms with Gasteiger partial charge in [-0.1, -0.05) is 27.2 Å². The Morgan fingerprint density at radius 2 is 1.54 bits per heavy atom. The molecule has 2 nitrogen and oxygen atoms in total. The molecule has 0 aromatic carbocycles. The fourth-order valence-electron chi connectivity index (χ4n) is 1.12. The molecule has 0 rings (SSSR count). The molecule has 0 fully saturated rings. The Balaban J connectivity index is 2.84. The molecule has 0 aliphatic rings. The monoisotopic (exact) mass is 186 g/mol. The van der Waals surface area contributed by atoms with Crippen LogP contribution in [0.3, 0.4) is 0 Å². The summed E-state index contributed by atoms with van der Waals surface area (Å²) in [5.74, 6) is 0.820. The van der Waals surface area contributed by atoms with Crippen molar-refractivity contribution in [1.82, 2.24) is 10.6 Å². The number of hydrogen-bond acceptors (Lipinski definition) is 2. The number of unbranched alkanes of at least 4 members (excludes halogenated alkanes) is 1. The van der Waals surface area contributed by atoms with Gasteiger partial charge in [-0.25, -0.2) is 0 Å². The molecule has 0 bridgehead atoms. The smallest absolute Gasteiger partial charge is 0.00767 e. The molecular weight excluding hydrogens is 160 g/mol. The van der Waals surface area contributed by atoms with Crippen LogP contribution in [0.1, 0.15) is 40.0 Å². The lowest BCUT2D eigenvalue weighted by Crippen LogP contribution is -2.28. The summed E-state index contributed by atoms with van der Waals surface area (Å²) in [5.41, 5.74) is 0. The molecule has 0 aromatic rings. The van der Waals surface area contributed by atoms with Crippen molar-refractivity contribution in [1.29, 1.82) is 0 Å². The highest BCUT2D eigenvalue weighted by Crippen LogP contribution is 1.95. The van der Waals surface area contributed by atoms with E-state index in [0.29, 0.717) is 0 Å². The van der Waals surface area contributed by atoms with Crippen molar-refractivity contribution in [3.05, 3.63) is 0 Å². The van der Waals surface area contributed by atoms with Crippen LogP contribution < -0.4 is 10.6 Å². The standard InChI is InChI=1S/C11H26N2/c1-4-5-7-12-9-10-13-8-6-11(2)3/h11-13H,4-10H2,1-3H3. The summed E-state index contributed by atoms with van der Waals surface area (Å²) >= 11 is 0. The van der Waals surface area contributed by atoms with Gasteiger partial charge in [-0.15, -0.1) is 0 Å². The van der Waals surface area contributed by atoms with Crippen molar-refractivity contribution in [3.8, 4) is 0 Å². The van der Waals surface area contributed by atoms with E-state index >= 15 is 0 Å². The minimum atomic E-state index is 0.820. The van der Waals surface area contributed by atoms with Crippen molar-refractivity contribution in [3.63, 3.8) is 0 Å². The molecule has 0 spiro atoms. The van der Waals surface area contributed by atoms with Crippen molar-refractivity contribution in [2.24, 2.45) is 5.92 Å². The van der Waals surface area contributed by atoms with Gasteiger partial charge in [-0.3, -0.25) is 0 Å². The first-order valence-corrected chi connectivity index (χ1v) is 5.68.